The molecule has 0 atom stereocenters. The van der Waals surface area contributed by atoms with Crippen LogP contribution in [-0.4, -0.2) is 24.8 Å². The molecule has 144 valence electrons. The van der Waals surface area contributed by atoms with Crippen LogP contribution < -0.4 is 10.2 Å². The van der Waals surface area contributed by atoms with Crippen LogP contribution in [0.5, 0.6) is 0 Å². The lowest BCUT2D eigenvalue weighted by Gasteiger charge is -2.28. The zero-order valence-electron chi connectivity index (χ0n) is 16.2. The third kappa shape index (κ3) is 3.21. The standard InChI is InChI=1S/C25H22N2O2/c28-24-22-7-3-2-6-20(22)21-13-8-17(16-23(21)24)25(29)26-18-9-11-19(12-10-18)27-14-4-1-5-15-27/h2-3,6-13,16H,1,4-5,14-15H2,(H,26,29). The topological polar surface area (TPSA) is 49.4 Å². The Bertz CT molecular complexity index is 1100. The van der Waals surface area contributed by atoms with E-state index in [1.165, 1.54) is 24.9 Å². The van der Waals surface area contributed by atoms with E-state index in [2.05, 4.69) is 22.3 Å². The predicted octanol–water partition coefficient (Wildman–Crippen LogP) is 5.14. The van der Waals surface area contributed by atoms with Gasteiger partial charge in [0.05, 0.1) is 0 Å². The summed E-state index contributed by atoms with van der Waals surface area (Å²) >= 11 is 0. The zero-order chi connectivity index (χ0) is 19.8. The number of fused-ring (bicyclic) bond motifs is 3. The lowest BCUT2D eigenvalue weighted by molar-refractivity contribution is 0.102. The average Bonchev–Trinajstić information content (AvgIpc) is 3.07. The number of nitrogens with zero attached hydrogens (tertiary/aromatic N) is 1. The Morgan fingerprint density at radius 2 is 1.45 bits per heavy atom. The van der Waals surface area contributed by atoms with Gasteiger partial charge in [-0.1, -0.05) is 30.3 Å². The largest absolute Gasteiger partial charge is 0.372 e. The molecule has 4 heteroatoms. The first kappa shape index (κ1) is 17.7. The maximum atomic E-state index is 12.7. The fraction of sp³-hybridized carbons (Fsp3) is 0.200. The van der Waals surface area contributed by atoms with Crippen molar-refractivity contribution in [1.82, 2.24) is 0 Å². The van der Waals surface area contributed by atoms with Crippen molar-refractivity contribution in [1.29, 1.82) is 0 Å². The molecule has 3 aromatic rings. The van der Waals surface area contributed by atoms with E-state index in [1.54, 1.807) is 12.1 Å². The second-order valence-electron chi connectivity index (χ2n) is 7.68. The van der Waals surface area contributed by atoms with Crippen LogP contribution in [0, 0.1) is 0 Å². The number of carbonyl (C=O) groups is 2. The maximum absolute atomic E-state index is 12.7. The van der Waals surface area contributed by atoms with Crippen molar-refractivity contribution in [3.8, 4) is 11.1 Å². The van der Waals surface area contributed by atoms with Crippen LogP contribution in [0.1, 0.15) is 45.5 Å². The summed E-state index contributed by atoms with van der Waals surface area (Å²) in [4.78, 5) is 27.8. The van der Waals surface area contributed by atoms with Crippen LogP contribution in [0.15, 0.2) is 66.7 Å². The van der Waals surface area contributed by atoms with Gasteiger partial charge in [-0.05, 0) is 66.8 Å². The number of hydrogen-bond donors (Lipinski definition) is 1. The summed E-state index contributed by atoms with van der Waals surface area (Å²) < 4.78 is 0. The highest BCUT2D eigenvalue weighted by atomic mass is 16.1. The number of amides is 1. The van der Waals surface area contributed by atoms with Crippen molar-refractivity contribution >= 4 is 23.1 Å². The van der Waals surface area contributed by atoms with E-state index in [-0.39, 0.29) is 11.7 Å². The molecule has 0 bridgehead atoms. The molecule has 29 heavy (non-hydrogen) atoms. The number of carbonyl (C=O) groups excluding carboxylic acids is 2. The predicted molar refractivity (Wildman–Crippen MR) is 116 cm³/mol. The molecule has 0 saturated carbocycles. The van der Waals surface area contributed by atoms with Gasteiger partial charge >= 0.3 is 0 Å². The molecule has 1 saturated heterocycles. The van der Waals surface area contributed by atoms with Crippen molar-refractivity contribution in [2.24, 2.45) is 0 Å². The average molecular weight is 382 g/mol. The SMILES string of the molecule is O=C(Nc1ccc(N2CCCCC2)cc1)c1ccc2c(c1)C(=O)c1ccccc1-2. The summed E-state index contributed by atoms with van der Waals surface area (Å²) in [5.41, 5.74) is 5.58. The van der Waals surface area contributed by atoms with Crippen molar-refractivity contribution in [3.05, 3.63) is 83.4 Å². The van der Waals surface area contributed by atoms with Gasteiger partial charge < -0.3 is 10.2 Å². The maximum Gasteiger partial charge on any atom is 0.255 e. The van der Waals surface area contributed by atoms with Crippen molar-refractivity contribution in [2.75, 3.05) is 23.3 Å². The van der Waals surface area contributed by atoms with Gasteiger partial charge in [0.1, 0.15) is 0 Å². The number of ketones is 1. The second-order valence-corrected chi connectivity index (χ2v) is 7.68. The lowest BCUT2D eigenvalue weighted by Crippen LogP contribution is -2.29. The molecule has 4 nitrogen and oxygen atoms in total. The van der Waals surface area contributed by atoms with E-state index >= 15 is 0 Å². The Balaban J connectivity index is 1.34. The van der Waals surface area contributed by atoms with E-state index in [1.807, 2.05) is 42.5 Å². The lowest BCUT2D eigenvalue weighted by atomic mass is 10.0. The first-order valence-electron chi connectivity index (χ1n) is 10.2. The Morgan fingerprint density at radius 3 is 2.21 bits per heavy atom. The molecule has 5 rings (SSSR count). The first-order valence-corrected chi connectivity index (χ1v) is 10.2. The van der Waals surface area contributed by atoms with Gasteiger partial charge in [-0.25, -0.2) is 0 Å². The Kier molecular flexibility index (Phi) is 4.39. The molecule has 1 aliphatic carbocycles. The van der Waals surface area contributed by atoms with Crippen LogP contribution in [0.25, 0.3) is 11.1 Å². The second kappa shape index (κ2) is 7.21. The molecule has 1 heterocycles. The minimum absolute atomic E-state index is 0.0175. The van der Waals surface area contributed by atoms with E-state index in [0.29, 0.717) is 16.7 Å². The van der Waals surface area contributed by atoms with Gasteiger partial charge in [0, 0.05) is 41.2 Å². The van der Waals surface area contributed by atoms with Gasteiger partial charge in [0.15, 0.2) is 5.78 Å². The highest BCUT2D eigenvalue weighted by Gasteiger charge is 2.27. The van der Waals surface area contributed by atoms with E-state index in [0.717, 1.165) is 29.9 Å². The van der Waals surface area contributed by atoms with Crippen LogP contribution in [0.3, 0.4) is 0 Å². The van der Waals surface area contributed by atoms with Crippen LogP contribution in [-0.2, 0) is 0 Å². The zero-order valence-corrected chi connectivity index (χ0v) is 16.2. The number of piperidine rings is 1. The molecular formula is C25H22N2O2. The number of nitrogens with one attached hydrogen (secondary N) is 1. The summed E-state index contributed by atoms with van der Waals surface area (Å²) in [5.74, 6) is -0.224. The van der Waals surface area contributed by atoms with Crippen molar-refractivity contribution < 1.29 is 9.59 Å². The molecule has 2 aliphatic rings. The number of anilines is 2. The van der Waals surface area contributed by atoms with Gasteiger partial charge in [-0.15, -0.1) is 0 Å². The van der Waals surface area contributed by atoms with E-state index in [9.17, 15) is 9.59 Å². The summed E-state index contributed by atoms with van der Waals surface area (Å²) in [5, 5.41) is 2.95. The van der Waals surface area contributed by atoms with Crippen molar-refractivity contribution in [2.45, 2.75) is 19.3 Å². The van der Waals surface area contributed by atoms with Gasteiger partial charge in [-0.2, -0.15) is 0 Å². The molecule has 1 fully saturated rings. The van der Waals surface area contributed by atoms with Gasteiger partial charge in [0.2, 0.25) is 0 Å². The minimum atomic E-state index is -0.206. The molecular weight excluding hydrogens is 360 g/mol. The normalized spacial score (nSPS) is 15.0. The molecule has 0 aromatic heterocycles. The number of rotatable bonds is 3. The van der Waals surface area contributed by atoms with Crippen LogP contribution >= 0.6 is 0 Å². The third-order valence-corrected chi connectivity index (χ3v) is 5.83. The Labute approximate surface area is 170 Å². The van der Waals surface area contributed by atoms with E-state index < -0.39 is 0 Å². The van der Waals surface area contributed by atoms with Crippen LogP contribution in [0.4, 0.5) is 11.4 Å². The summed E-state index contributed by atoms with van der Waals surface area (Å²) in [6, 6.07) is 20.9. The minimum Gasteiger partial charge on any atom is -0.372 e. The quantitative estimate of drug-likeness (QED) is 0.534. The first-order chi connectivity index (χ1) is 14.2. The molecule has 3 aromatic carbocycles. The highest BCUT2D eigenvalue weighted by Crippen LogP contribution is 2.36. The number of hydrogen-bond acceptors (Lipinski definition) is 3. The highest BCUT2D eigenvalue weighted by molar-refractivity contribution is 6.22. The van der Waals surface area contributed by atoms with E-state index in [4.69, 9.17) is 0 Å². The molecule has 1 aliphatic heterocycles. The van der Waals surface area contributed by atoms with Gasteiger partial charge in [-0.3, -0.25) is 9.59 Å². The van der Waals surface area contributed by atoms with Gasteiger partial charge in [0.25, 0.3) is 5.91 Å². The Hall–Kier alpha value is -3.40. The molecule has 1 amide bonds. The number of benzene rings is 3. The molecule has 0 radical (unpaired) electrons. The third-order valence-electron chi connectivity index (χ3n) is 5.83. The summed E-state index contributed by atoms with van der Waals surface area (Å²) in [7, 11) is 0. The monoisotopic (exact) mass is 382 g/mol. The fourth-order valence-electron chi connectivity index (χ4n) is 4.28. The summed E-state index contributed by atoms with van der Waals surface area (Å²) in [6.07, 6.45) is 3.78. The molecule has 1 N–H and O–H groups in total. The van der Waals surface area contributed by atoms with Crippen molar-refractivity contribution in [3.63, 3.8) is 0 Å². The molecule has 0 unspecified atom stereocenters. The fourth-order valence-corrected chi connectivity index (χ4v) is 4.28. The smallest absolute Gasteiger partial charge is 0.255 e. The summed E-state index contributed by atoms with van der Waals surface area (Å²) in [6.45, 7) is 2.19. The Morgan fingerprint density at radius 1 is 0.759 bits per heavy atom. The molecule has 0 spiro atoms. The van der Waals surface area contributed by atoms with Crippen LogP contribution in [0.2, 0.25) is 0 Å².